The first kappa shape index (κ1) is 24.0. The summed E-state index contributed by atoms with van der Waals surface area (Å²) >= 11 is 0. The van der Waals surface area contributed by atoms with E-state index < -0.39 is 0 Å². The van der Waals surface area contributed by atoms with Crippen LogP contribution in [-0.4, -0.2) is 43.4 Å². The minimum absolute atomic E-state index is 0.0819. The summed E-state index contributed by atoms with van der Waals surface area (Å²) in [5, 5.41) is 0. The summed E-state index contributed by atoms with van der Waals surface area (Å²) in [6.45, 7) is 9.97. The molecule has 0 heterocycles. The Balaban J connectivity index is 1.55. The minimum Gasteiger partial charge on any atom is -0.463 e. The maximum absolute atomic E-state index is 13.5. The molecule has 0 spiro atoms. The molecule has 4 rings (SSSR count). The number of carbonyl (C=O) groups excluding carboxylic acids is 2. The molecule has 0 aromatic carbocycles. The first-order chi connectivity index (χ1) is 15.1. The van der Waals surface area contributed by atoms with Crippen LogP contribution in [0.5, 0.6) is 0 Å². The lowest BCUT2D eigenvalue weighted by Crippen LogP contribution is -2.49. The van der Waals surface area contributed by atoms with E-state index in [0.717, 1.165) is 45.1 Å². The van der Waals surface area contributed by atoms with Gasteiger partial charge in [0.1, 0.15) is 6.10 Å². The fraction of sp³-hybridized carbons (Fsp3) is 0.857. The molecule has 7 atom stereocenters. The number of carbonyl (C=O) groups is 2. The number of ketones is 1. The third-order valence-corrected chi connectivity index (χ3v) is 10.1. The standard InChI is InChI=1S/C28H45NO3/c1-18(8-7-15-29(5)6)24-17-25(31)26-22-10-9-20-16-21(32-19(2)30)11-13-27(20,3)23(22)12-14-28(24,26)4/h18,20-21,23-24H,7-17H2,1-6H3/t18-,20+,21?,23+,24-,27+,28-/m1/s1. The molecular weight excluding hydrogens is 398 g/mol. The van der Waals surface area contributed by atoms with Gasteiger partial charge >= 0.3 is 5.97 Å². The van der Waals surface area contributed by atoms with Gasteiger partial charge in [-0.05, 0) is 113 Å². The Labute approximate surface area is 195 Å². The summed E-state index contributed by atoms with van der Waals surface area (Å²) in [6.07, 6.45) is 11.0. The van der Waals surface area contributed by atoms with Crippen molar-refractivity contribution in [1.82, 2.24) is 4.90 Å². The largest absolute Gasteiger partial charge is 0.463 e. The van der Waals surface area contributed by atoms with Crippen LogP contribution in [0.1, 0.15) is 91.9 Å². The predicted molar refractivity (Wildman–Crippen MR) is 128 cm³/mol. The first-order valence-electron chi connectivity index (χ1n) is 13.1. The molecule has 0 saturated heterocycles. The summed E-state index contributed by atoms with van der Waals surface area (Å²) in [5.74, 6) is 2.58. The quantitative estimate of drug-likeness (QED) is 0.487. The van der Waals surface area contributed by atoms with Crippen LogP contribution in [0.2, 0.25) is 0 Å². The fourth-order valence-corrected chi connectivity index (χ4v) is 8.43. The number of Topliss-reactive ketones (excluding diaryl/α,β-unsaturated/α-hetero) is 1. The van der Waals surface area contributed by atoms with Crippen molar-refractivity contribution in [3.05, 3.63) is 11.1 Å². The van der Waals surface area contributed by atoms with Crippen molar-refractivity contribution in [2.45, 2.75) is 98.0 Å². The van der Waals surface area contributed by atoms with Crippen LogP contribution in [-0.2, 0) is 14.3 Å². The van der Waals surface area contributed by atoms with Crippen LogP contribution in [0.15, 0.2) is 11.1 Å². The van der Waals surface area contributed by atoms with Crippen molar-refractivity contribution in [1.29, 1.82) is 0 Å². The summed E-state index contributed by atoms with van der Waals surface area (Å²) < 4.78 is 5.60. The van der Waals surface area contributed by atoms with Gasteiger partial charge in [0.15, 0.2) is 5.78 Å². The Morgan fingerprint density at radius 2 is 1.94 bits per heavy atom. The van der Waals surface area contributed by atoms with E-state index in [4.69, 9.17) is 4.74 Å². The molecule has 32 heavy (non-hydrogen) atoms. The third kappa shape index (κ3) is 4.10. The van der Waals surface area contributed by atoms with Crippen LogP contribution in [0, 0.1) is 34.5 Å². The number of nitrogens with zero attached hydrogens (tertiary/aromatic N) is 1. The van der Waals surface area contributed by atoms with Gasteiger partial charge in [0.2, 0.25) is 0 Å². The van der Waals surface area contributed by atoms with Gasteiger partial charge in [0.25, 0.3) is 0 Å². The third-order valence-electron chi connectivity index (χ3n) is 10.1. The molecule has 0 N–H and O–H groups in total. The normalized spacial score (nSPS) is 40.0. The second-order valence-corrected chi connectivity index (χ2v) is 12.3. The van der Waals surface area contributed by atoms with Crippen molar-refractivity contribution in [2.75, 3.05) is 20.6 Å². The number of hydrogen-bond acceptors (Lipinski definition) is 4. The van der Waals surface area contributed by atoms with E-state index in [2.05, 4.69) is 39.8 Å². The summed E-state index contributed by atoms with van der Waals surface area (Å²) in [6, 6.07) is 0. The molecule has 4 aliphatic carbocycles. The summed E-state index contributed by atoms with van der Waals surface area (Å²) in [7, 11) is 4.29. The van der Waals surface area contributed by atoms with Crippen molar-refractivity contribution in [2.24, 2.45) is 34.5 Å². The van der Waals surface area contributed by atoms with E-state index in [1.165, 1.54) is 43.8 Å². The molecule has 0 radical (unpaired) electrons. The zero-order chi connectivity index (χ0) is 23.3. The molecule has 4 nitrogen and oxygen atoms in total. The molecule has 0 aliphatic heterocycles. The highest BCUT2D eigenvalue weighted by Gasteiger charge is 2.58. The molecule has 0 bridgehead atoms. The number of fused-ring (bicyclic) bond motifs is 4. The van der Waals surface area contributed by atoms with E-state index in [9.17, 15) is 9.59 Å². The Morgan fingerprint density at radius 3 is 2.62 bits per heavy atom. The van der Waals surface area contributed by atoms with Crippen molar-refractivity contribution >= 4 is 11.8 Å². The number of esters is 1. The predicted octanol–water partition coefficient (Wildman–Crippen LogP) is 5.80. The molecular formula is C28H45NO3. The molecule has 0 aromatic rings. The highest BCUT2D eigenvalue weighted by atomic mass is 16.5. The lowest BCUT2D eigenvalue weighted by molar-refractivity contribution is -0.152. The van der Waals surface area contributed by atoms with Crippen LogP contribution in [0.3, 0.4) is 0 Å². The number of allylic oxidation sites excluding steroid dienone is 2. The molecule has 0 aromatic heterocycles. The Hall–Kier alpha value is -1.16. The van der Waals surface area contributed by atoms with Crippen molar-refractivity contribution in [3.8, 4) is 0 Å². The molecule has 4 aliphatic rings. The number of rotatable bonds is 6. The van der Waals surface area contributed by atoms with Crippen LogP contribution < -0.4 is 0 Å². The van der Waals surface area contributed by atoms with E-state index in [1.807, 2.05) is 0 Å². The Bertz CT molecular complexity index is 786. The van der Waals surface area contributed by atoms with Crippen molar-refractivity contribution in [3.63, 3.8) is 0 Å². The average Bonchev–Trinajstić information content (AvgIpc) is 2.98. The topological polar surface area (TPSA) is 46.6 Å². The summed E-state index contributed by atoms with van der Waals surface area (Å²) in [5.41, 5.74) is 3.14. The molecule has 180 valence electrons. The monoisotopic (exact) mass is 443 g/mol. The maximum atomic E-state index is 13.5. The van der Waals surface area contributed by atoms with Gasteiger partial charge in [0, 0.05) is 18.9 Å². The van der Waals surface area contributed by atoms with Gasteiger partial charge in [-0.3, -0.25) is 9.59 Å². The Morgan fingerprint density at radius 1 is 1.19 bits per heavy atom. The number of hydrogen-bond donors (Lipinski definition) is 0. The number of ether oxygens (including phenoxy) is 1. The second kappa shape index (κ2) is 8.89. The summed E-state index contributed by atoms with van der Waals surface area (Å²) in [4.78, 5) is 27.2. The smallest absolute Gasteiger partial charge is 0.302 e. The average molecular weight is 444 g/mol. The van der Waals surface area contributed by atoms with E-state index in [1.54, 1.807) is 0 Å². The van der Waals surface area contributed by atoms with E-state index >= 15 is 0 Å². The van der Waals surface area contributed by atoms with Gasteiger partial charge in [0.05, 0.1) is 0 Å². The zero-order valence-electron chi connectivity index (χ0n) is 21.3. The van der Waals surface area contributed by atoms with E-state index in [0.29, 0.717) is 29.5 Å². The zero-order valence-corrected chi connectivity index (χ0v) is 21.3. The second-order valence-electron chi connectivity index (χ2n) is 12.3. The Kier molecular flexibility index (Phi) is 6.66. The minimum atomic E-state index is -0.145. The van der Waals surface area contributed by atoms with Crippen LogP contribution >= 0.6 is 0 Å². The fourth-order valence-electron chi connectivity index (χ4n) is 8.43. The molecule has 0 amide bonds. The molecule has 3 fully saturated rings. The maximum Gasteiger partial charge on any atom is 0.302 e. The van der Waals surface area contributed by atoms with Crippen molar-refractivity contribution < 1.29 is 14.3 Å². The van der Waals surface area contributed by atoms with Gasteiger partial charge in [-0.2, -0.15) is 0 Å². The van der Waals surface area contributed by atoms with E-state index in [-0.39, 0.29) is 22.9 Å². The SMILES string of the molecule is CC(=O)OC1CC[C@@]2(C)[C@@H](CCC3=C4C(=O)C[C@H]([C@H](C)CCCN(C)C)[C@@]4(C)CC[C@@H]32)C1. The molecule has 4 heteroatoms. The highest BCUT2D eigenvalue weighted by molar-refractivity contribution is 6.00. The lowest BCUT2D eigenvalue weighted by Gasteiger charge is -2.56. The molecule has 1 unspecified atom stereocenters. The van der Waals surface area contributed by atoms with Crippen LogP contribution in [0.25, 0.3) is 0 Å². The van der Waals surface area contributed by atoms with Gasteiger partial charge in [-0.25, -0.2) is 0 Å². The lowest BCUT2D eigenvalue weighted by atomic mass is 9.48. The van der Waals surface area contributed by atoms with Gasteiger partial charge < -0.3 is 9.64 Å². The van der Waals surface area contributed by atoms with Crippen LogP contribution in [0.4, 0.5) is 0 Å². The van der Waals surface area contributed by atoms with Gasteiger partial charge in [-0.1, -0.05) is 26.3 Å². The molecule has 3 saturated carbocycles. The first-order valence-corrected chi connectivity index (χ1v) is 13.1. The van der Waals surface area contributed by atoms with Gasteiger partial charge in [-0.15, -0.1) is 0 Å². The highest BCUT2D eigenvalue weighted by Crippen LogP contribution is 2.65.